The van der Waals surface area contributed by atoms with E-state index >= 15 is 0 Å². The summed E-state index contributed by atoms with van der Waals surface area (Å²) in [7, 11) is 0. The van der Waals surface area contributed by atoms with E-state index in [4.69, 9.17) is 4.74 Å². The van der Waals surface area contributed by atoms with E-state index in [9.17, 15) is 14.7 Å². The second kappa shape index (κ2) is 6.65. The quantitative estimate of drug-likeness (QED) is 0.781. The van der Waals surface area contributed by atoms with Crippen LogP contribution in [0.25, 0.3) is 0 Å². The lowest BCUT2D eigenvalue weighted by molar-refractivity contribution is -0.145. The minimum Gasteiger partial charge on any atom is -0.481 e. The molecule has 0 spiro atoms. The highest BCUT2D eigenvalue weighted by Gasteiger charge is 2.53. The Bertz CT molecular complexity index is 651. The van der Waals surface area contributed by atoms with Gasteiger partial charge in [-0.1, -0.05) is 12.2 Å². The van der Waals surface area contributed by atoms with E-state index in [1.807, 2.05) is 24.3 Å². The monoisotopic (exact) mass is 330 g/mol. The van der Waals surface area contributed by atoms with Crippen LogP contribution in [-0.2, 0) is 14.3 Å². The maximum Gasteiger partial charge on any atom is 0.310 e. The average Bonchev–Trinajstić information content (AvgIpc) is 3.18. The topological polar surface area (TPSA) is 78.9 Å². The number of benzene rings is 1. The van der Waals surface area contributed by atoms with E-state index in [2.05, 4.69) is 24.1 Å². The number of aliphatic carboxylic acids is 1. The molecule has 0 radical (unpaired) electrons. The Morgan fingerprint density at radius 3 is 2.21 bits per heavy atom. The summed E-state index contributed by atoms with van der Waals surface area (Å²) < 4.78 is 5.54. The molecule has 6 heteroatoms. The van der Waals surface area contributed by atoms with Crippen molar-refractivity contribution in [3.63, 3.8) is 0 Å². The normalized spacial score (nSPS) is 27.2. The van der Waals surface area contributed by atoms with Gasteiger partial charge in [0.25, 0.3) is 0 Å². The zero-order valence-electron chi connectivity index (χ0n) is 13.8. The number of anilines is 2. The van der Waals surface area contributed by atoms with Crippen molar-refractivity contribution in [2.24, 2.45) is 11.8 Å². The minimum atomic E-state index is -0.996. The number of amides is 1. The van der Waals surface area contributed by atoms with Gasteiger partial charge in [-0.3, -0.25) is 9.59 Å². The van der Waals surface area contributed by atoms with Gasteiger partial charge in [0.2, 0.25) is 5.91 Å². The highest BCUT2D eigenvalue weighted by atomic mass is 16.5. The third kappa shape index (κ3) is 2.89. The molecular formula is C18H22N2O4. The van der Waals surface area contributed by atoms with E-state index in [-0.39, 0.29) is 5.91 Å². The number of ether oxygens (including phenoxy) is 1. The summed E-state index contributed by atoms with van der Waals surface area (Å²) in [6.07, 6.45) is 2.54. The Morgan fingerprint density at radius 2 is 1.67 bits per heavy atom. The van der Waals surface area contributed by atoms with Crippen molar-refractivity contribution in [1.29, 1.82) is 0 Å². The maximum atomic E-state index is 12.6. The molecule has 2 heterocycles. The van der Waals surface area contributed by atoms with Crippen LogP contribution in [-0.4, -0.2) is 42.3 Å². The average molecular weight is 330 g/mol. The van der Waals surface area contributed by atoms with E-state index < -0.39 is 30.0 Å². The molecule has 2 aliphatic heterocycles. The molecule has 2 bridgehead atoms. The van der Waals surface area contributed by atoms with Crippen molar-refractivity contribution < 1.29 is 19.4 Å². The molecule has 0 aromatic heterocycles. The zero-order valence-corrected chi connectivity index (χ0v) is 13.8. The number of rotatable bonds is 6. The van der Waals surface area contributed by atoms with Crippen LogP contribution >= 0.6 is 0 Å². The van der Waals surface area contributed by atoms with Gasteiger partial charge in [0.05, 0.1) is 18.1 Å². The highest BCUT2D eigenvalue weighted by Crippen LogP contribution is 2.39. The summed E-state index contributed by atoms with van der Waals surface area (Å²) >= 11 is 0. The number of carboxylic acids is 1. The summed E-state index contributed by atoms with van der Waals surface area (Å²) in [4.78, 5) is 26.2. The molecule has 1 amide bonds. The molecule has 1 aromatic carbocycles. The lowest BCUT2D eigenvalue weighted by atomic mass is 9.82. The summed E-state index contributed by atoms with van der Waals surface area (Å²) in [6, 6.07) is 7.58. The van der Waals surface area contributed by atoms with Crippen molar-refractivity contribution in [2.75, 3.05) is 23.3 Å². The molecule has 0 saturated carbocycles. The minimum absolute atomic E-state index is 0.310. The molecule has 4 atom stereocenters. The number of carbonyl (C=O) groups excluding carboxylic acids is 1. The zero-order chi connectivity index (χ0) is 17.3. The largest absolute Gasteiger partial charge is 0.481 e. The van der Waals surface area contributed by atoms with Crippen LogP contribution in [0.3, 0.4) is 0 Å². The number of carbonyl (C=O) groups is 2. The van der Waals surface area contributed by atoms with Crippen molar-refractivity contribution in [3.8, 4) is 0 Å². The molecule has 2 N–H and O–H groups in total. The summed E-state index contributed by atoms with van der Waals surface area (Å²) in [5.74, 6) is -2.83. The van der Waals surface area contributed by atoms with Crippen molar-refractivity contribution in [3.05, 3.63) is 36.4 Å². The van der Waals surface area contributed by atoms with Crippen LogP contribution in [0.15, 0.2) is 36.4 Å². The molecule has 1 saturated heterocycles. The van der Waals surface area contributed by atoms with E-state index in [0.29, 0.717) is 5.69 Å². The molecule has 6 nitrogen and oxygen atoms in total. The number of nitrogens with zero attached hydrogens (tertiary/aromatic N) is 1. The van der Waals surface area contributed by atoms with Crippen LogP contribution in [0, 0.1) is 11.8 Å². The summed E-state index contributed by atoms with van der Waals surface area (Å²) in [5.41, 5.74) is 1.75. The Balaban J connectivity index is 1.71. The number of carboxylic acid groups (broad SMARTS) is 1. The fourth-order valence-electron chi connectivity index (χ4n) is 3.48. The first-order valence-corrected chi connectivity index (χ1v) is 8.27. The Kier molecular flexibility index (Phi) is 4.57. The first-order valence-electron chi connectivity index (χ1n) is 8.27. The molecule has 4 unspecified atom stereocenters. The fraction of sp³-hybridized carbons (Fsp3) is 0.444. The molecule has 24 heavy (non-hydrogen) atoms. The van der Waals surface area contributed by atoms with Crippen LogP contribution in [0.1, 0.15) is 13.8 Å². The SMILES string of the molecule is CCN(CC)c1ccc(NC(=O)C2C3C=CC(O3)C2C(=O)O)cc1. The summed E-state index contributed by atoms with van der Waals surface area (Å²) in [5, 5.41) is 12.2. The van der Waals surface area contributed by atoms with Gasteiger partial charge in [-0.25, -0.2) is 0 Å². The van der Waals surface area contributed by atoms with Gasteiger partial charge >= 0.3 is 5.97 Å². The van der Waals surface area contributed by atoms with Gasteiger partial charge in [0.15, 0.2) is 0 Å². The first kappa shape index (κ1) is 16.5. The predicted octanol–water partition coefficient (Wildman–Crippen LogP) is 2.13. The standard InChI is InChI=1S/C18H22N2O4/c1-3-20(4-2)12-7-5-11(6-8-12)19-17(21)15-13-9-10-14(24-13)16(15)18(22)23/h5-10,13-16H,3-4H2,1-2H3,(H,19,21)(H,22,23). The molecule has 1 fully saturated rings. The third-order valence-corrected chi connectivity index (χ3v) is 4.75. The van der Waals surface area contributed by atoms with Crippen LogP contribution in [0.4, 0.5) is 11.4 Å². The van der Waals surface area contributed by atoms with Gasteiger partial charge in [-0.15, -0.1) is 0 Å². The smallest absolute Gasteiger partial charge is 0.310 e. The molecule has 0 aliphatic carbocycles. The van der Waals surface area contributed by atoms with Gasteiger partial charge in [-0.2, -0.15) is 0 Å². The Hall–Kier alpha value is -2.34. The number of nitrogens with one attached hydrogen (secondary N) is 1. The van der Waals surface area contributed by atoms with E-state index in [0.717, 1.165) is 18.8 Å². The molecule has 2 aliphatic rings. The van der Waals surface area contributed by atoms with Gasteiger partial charge < -0.3 is 20.1 Å². The maximum absolute atomic E-state index is 12.6. The van der Waals surface area contributed by atoms with Crippen molar-refractivity contribution >= 4 is 23.3 Å². The number of hydrogen-bond donors (Lipinski definition) is 2. The van der Waals surface area contributed by atoms with Crippen LogP contribution in [0.5, 0.6) is 0 Å². The van der Waals surface area contributed by atoms with E-state index in [1.54, 1.807) is 12.2 Å². The van der Waals surface area contributed by atoms with E-state index in [1.165, 1.54) is 0 Å². The predicted molar refractivity (Wildman–Crippen MR) is 91.0 cm³/mol. The molecule has 3 rings (SSSR count). The highest BCUT2D eigenvalue weighted by molar-refractivity contribution is 5.96. The van der Waals surface area contributed by atoms with Gasteiger partial charge in [0.1, 0.15) is 5.92 Å². The first-order chi connectivity index (χ1) is 11.5. The second-order valence-electron chi connectivity index (χ2n) is 6.05. The lowest BCUT2D eigenvalue weighted by Crippen LogP contribution is -2.39. The lowest BCUT2D eigenvalue weighted by Gasteiger charge is -2.22. The molecule has 128 valence electrons. The Morgan fingerprint density at radius 1 is 1.08 bits per heavy atom. The second-order valence-corrected chi connectivity index (χ2v) is 6.05. The fourth-order valence-corrected chi connectivity index (χ4v) is 3.48. The van der Waals surface area contributed by atoms with Gasteiger partial charge in [-0.05, 0) is 38.1 Å². The number of fused-ring (bicyclic) bond motifs is 2. The summed E-state index contributed by atoms with van der Waals surface area (Å²) in [6.45, 7) is 6.01. The Labute approximate surface area is 141 Å². The van der Waals surface area contributed by atoms with Crippen molar-refractivity contribution in [2.45, 2.75) is 26.1 Å². The van der Waals surface area contributed by atoms with Gasteiger partial charge in [0, 0.05) is 24.5 Å². The molecule has 1 aromatic rings. The van der Waals surface area contributed by atoms with Crippen molar-refractivity contribution in [1.82, 2.24) is 0 Å². The molecular weight excluding hydrogens is 308 g/mol. The number of hydrogen-bond acceptors (Lipinski definition) is 4. The third-order valence-electron chi connectivity index (χ3n) is 4.75. The van der Waals surface area contributed by atoms with Crippen LogP contribution < -0.4 is 10.2 Å². The van der Waals surface area contributed by atoms with Crippen LogP contribution in [0.2, 0.25) is 0 Å².